The van der Waals surface area contributed by atoms with Gasteiger partial charge in [-0.05, 0) is 47.9 Å². The topological polar surface area (TPSA) is 47.6 Å². The fourth-order valence-electron chi connectivity index (χ4n) is 2.01. The molecule has 126 valence electrons. The monoisotopic (exact) mass is 329 g/mol. The molecular weight excluding hydrogens is 309 g/mol. The van der Waals surface area contributed by atoms with Gasteiger partial charge in [0.15, 0.2) is 6.79 Å². The molecule has 0 aromatic heterocycles. The van der Waals surface area contributed by atoms with Gasteiger partial charge in [-0.15, -0.1) is 0 Å². The van der Waals surface area contributed by atoms with Crippen molar-refractivity contribution in [3.8, 4) is 5.75 Å². The van der Waals surface area contributed by atoms with Gasteiger partial charge in [-0.3, -0.25) is 4.79 Å². The Labute approximate surface area is 140 Å². The number of carbonyl (C=O) groups is 1. The molecule has 0 saturated carbocycles. The average Bonchev–Trinajstić information content (AvgIpc) is 2.61. The molecule has 2 rings (SSSR count). The zero-order chi connectivity index (χ0) is 17.2. The van der Waals surface area contributed by atoms with E-state index in [-0.39, 0.29) is 18.5 Å². The van der Waals surface area contributed by atoms with Crippen molar-refractivity contribution in [1.82, 2.24) is 5.32 Å². The smallest absolute Gasteiger partial charge is 0.244 e. The number of ether oxygens (including phenoxy) is 2. The molecule has 0 radical (unpaired) electrons. The molecule has 5 heteroatoms. The highest BCUT2D eigenvalue weighted by Crippen LogP contribution is 2.13. The summed E-state index contributed by atoms with van der Waals surface area (Å²) in [6.45, 7) is 0.699. The zero-order valence-electron chi connectivity index (χ0n) is 13.5. The number of amides is 1. The molecule has 1 amide bonds. The maximum atomic E-state index is 12.8. The lowest BCUT2D eigenvalue weighted by molar-refractivity contribution is -0.116. The maximum Gasteiger partial charge on any atom is 0.244 e. The highest BCUT2D eigenvalue weighted by Gasteiger charge is 1.98. The van der Waals surface area contributed by atoms with Crippen molar-refractivity contribution in [3.63, 3.8) is 0 Å². The van der Waals surface area contributed by atoms with Crippen molar-refractivity contribution in [2.24, 2.45) is 0 Å². The van der Waals surface area contributed by atoms with Crippen LogP contribution in [0.3, 0.4) is 0 Å². The third-order valence-electron chi connectivity index (χ3n) is 3.28. The lowest BCUT2D eigenvalue weighted by Gasteiger charge is -2.04. The van der Waals surface area contributed by atoms with Crippen molar-refractivity contribution in [2.45, 2.75) is 6.42 Å². The van der Waals surface area contributed by atoms with Crippen LogP contribution in [0.2, 0.25) is 0 Å². The number of halogens is 1. The Bertz CT molecular complexity index is 666. The first kappa shape index (κ1) is 17.7. The standard InChI is InChI=1S/C19H20FNO3/c1-23-14-24-18-9-4-15(5-10-18)6-11-19(22)21-13-12-16-2-7-17(20)8-3-16/h2-11H,12-14H2,1H3,(H,21,22)/b11-6+. The lowest BCUT2D eigenvalue weighted by atomic mass is 10.1. The van der Waals surface area contributed by atoms with E-state index in [4.69, 9.17) is 9.47 Å². The summed E-state index contributed by atoms with van der Waals surface area (Å²) in [5.41, 5.74) is 1.88. The van der Waals surface area contributed by atoms with Gasteiger partial charge < -0.3 is 14.8 Å². The molecular formula is C19H20FNO3. The molecule has 2 aromatic rings. The summed E-state index contributed by atoms with van der Waals surface area (Å²) in [5, 5.41) is 2.79. The Morgan fingerprint density at radius 1 is 1.12 bits per heavy atom. The molecule has 0 aliphatic rings. The van der Waals surface area contributed by atoms with Crippen molar-refractivity contribution in [1.29, 1.82) is 0 Å². The number of hydrogen-bond donors (Lipinski definition) is 1. The molecule has 0 bridgehead atoms. The lowest BCUT2D eigenvalue weighted by Crippen LogP contribution is -2.23. The second kappa shape index (κ2) is 9.47. The minimum absolute atomic E-state index is 0.170. The third-order valence-corrected chi connectivity index (χ3v) is 3.28. The van der Waals surface area contributed by atoms with Gasteiger partial charge in [0.25, 0.3) is 0 Å². The van der Waals surface area contributed by atoms with E-state index in [0.717, 1.165) is 11.1 Å². The molecule has 0 fully saturated rings. The third kappa shape index (κ3) is 6.22. The second-order valence-electron chi connectivity index (χ2n) is 5.12. The highest BCUT2D eigenvalue weighted by atomic mass is 19.1. The predicted molar refractivity (Wildman–Crippen MR) is 91.1 cm³/mol. The summed E-state index contributed by atoms with van der Waals surface area (Å²) in [7, 11) is 1.56. The Hall–Kier alpha value is -2.66. The van der Waals surface area contributed by atoms with Crippen LogP contribution >= 0.6 is 0 Å². The number of methoxy groups -OCH3 is 1. The first-order chi connectivity index (χ1) is 11.7. The molecule has 24 heavy (non-hydrogen) atoms. The first-order valence-electron chi connectivity index (χ1n) is 7.59. The van der Waals surface area contributed by atoms with E-state index in [2.05, 4.69) is 5.32 Å². The van der Waals surface area contributed by atoms with Crippen molar-refractivity contribution in [2.75, 3.05) is 20.4 Å². The highest BCUT2D eigenvalue weighted by molar-refractivity contribution is 5.91. The normalized spacial score (nSPS) is 10.8. The molecule has 0 aliphatic carbocycles. The Kier molecular flexibility index (Phi) is 6.98. The molecule has 0 spiro atoms. The quantitative estimate of drug-likeness (QED) is 0.598. The predicted octanol–water partition coefficient (Wildman–Crippen LogP) is 3.18. The molecule has 0 heterocycles. The van der Waals surface area contributed by atoms with Crippen molar-refractivity contribution in [3.05, 3.63) is 71.6 Å². The fourth-order valence-corrected chi connectivity index (χ4v) is 2.01. The van der Waals surface area contributed by atoms with Crippen molar-refractivity contribution >= 4 is 12.0 Å². The van der Waals surface area contributed by atoms with Gasteiger partial charge >= 0.3 is 0 Å². The van der Waals surface area contributed by atoms with Crippen molar-refractivity contribution < 1.29 is 18.7 Å². The van der Waals surface area contributed by atoms with Gasteiger partial charge in [0.1, 0.15) is 11.6 Å². The Balaban J connectivity index is 1.74. The van der Waals surface area contributed by atoms with Crippen LogP contribution in [0.4, 0.5) is 4.39 Å². The van der Waals surface area contributed by atoms with Crippen LogP contribution < -0.4 is 10.1 Å². The second-order valence-corrected chi connectivity index (χ2v) is 5.12. The van der Waals surface area contributed by atoms with Gasteiger partial charge in [-0.2, -0.15) is 0 Å². The van der Waals surface area contributed by atoms with E-state index >= 15 is 0 Å². The van der Waals surface area contributed by atoms with E-state index in [1.54, 1.807) is 25.3 Å². The van der Waals surface area contributed by atoms with Crippen LogP contribution in [0.15, 0.2) is 54.6 Å². The number of nitrogens with one attached hydrogen (secondary N) is 1. The van der Waals surface area contributed by atoms with E-state index < -0.39 is 0 Å². The van der Waals surface area contributed by atoms with Crippen LogP contribution in [0.25, 0.3) is 6.08 Å². The van der Waals surface area contributed by atoms with Gasteiger partial charge in [0.2, 0.25) is 5.91 Å². The van der Waals surface area contributed by atoms with Crippen LogP contribution in [-0.4, -0.2) is 26.4 Å². The largest absolute Gasteiger partial charge is 0.468 e. The summed E-state index contributed by atoms with van der Waals surface area (Å²) in [4.78, 5) is 11.8. The number of carbonyl (C=O) groups excluding carboxylic acids is 1. The Morgan fingerprint density at radius 3 is 2.50 bits per heavy atom. The van der Waals surface area contributed by atoms with E-state index in [0.29, 0.717) is 18.7 Å². The fraction of sp³-hybridized carbons (Fsp3) is 0.211. The van der Waals surface area contributed by atoms with E-state index in [9.17, 15) is 9.18 Å². The summed E-state index contributed by atoms with van der Waals surface area (Å²) < 4.78 is 22.9. The average molecular weight is 329 g/mol. The molecule has 4 nitrogen and oxygen atoms in total. The molecule has 0 unspecified atom stereocenters. The summed E-state index contributed by atoms with van der Waals surface area (Å²) in [5.74, 6) is 0.277. The van der Waals surface area contributed by atoms with Gasteiger partial charge in [-0.1, -0.05) is 24.3 Å². The zero-order valence-corrected chi connectivity index (χ0v) is 13.5. The van der Waals surface area contributed by atoms with E-state index in [1.165, 1.54) is 18.2 Å². The van der Waals surface area contributed by atoms with Gasteiger partial charge in [-0.25, -0.2) is 4.39 Å². The Morgan fingerprint density at radius 2 is 1.83 bits per heavy atom. The first-order valence-corrected chi connectivity index (χ1v) is 7.59. The van der Waals surface area contributed by atoms with Crippen LogP contribution in [0.5, 0.6) is 5.75 Å². The number of benzene rings is 2. The minimum atomic E-state index is -0.260. The summed E-state index contributed by atoms with van der Waals surface area (Å²) >= 11 is 0. The maximum absolute atomic E-state index is 12.8. The minimum Gasteiger partial charge on any atom is -0.468 e. The van der Waals surface area contributed by atoms with Crippen LogP contribution in [0, 0.1) is 5.82 Å². The SMILES string of the molecule is COCOc1ccc(/C=C/C(=O)NCCc2ccc(F)cc2)cc1. The number of rotatable bonds is 8. The summed E-state index contributed by atoms with van der Waals surface area (Å²) in [6, 6.07) is 13.6. The molecule has 1 N–H and O–H groups in total. The van der Waals surface area contributed by atoms with E-state index in [1.807, 2.05) is 24.3 Å². The molecule has 0 atom stereocenters. The van der Waals surface area contributed by atoms with Crippen LogP contribution in [-0.2, 0) is 16.0 Å². The number of hydrogen-bond acceptors (Lipinski definition) is 3. The molecule has 0 aliphatic heterocycles. The van der Waals surface area contributed by atoms with Crippen LogP contribution in [0.1, 0.15) is 11.1 Å². The molecule has 2 aromatic carbocycles. The van der Waals surface area contributed by atoms with Gasteiger partial charge in [0.05, 0.1) is 0 Å². The molecule has 0 saturated heterocycles. The summed E-state index contributed by atoms with van der Waals surface area (Å²) in [6.07, 6.45) is 3.87. The van der Waals surface area contributed by atoms with Gasteiger partial charge in [0, 0.05) is 19.7 Å².